The van der Waals surface area contributed by atoms with E-state index in [1.54, 1.807) is 7.11 Å². The fourth-order valence-electron chi connectivity index (χ4n) is 0.674. The molecule has 0 aromatic carbocycles. The second-order valence-corrected chi connectivity index (χ2v) is 4.25. The summed E-state index contributed by atoms with van der Waals surface area (Å²) in [6.45, 7) is 8.25. The molecule has 1 N–H and O–H groups in total. The van der Waals surface area contributed by atoms with Crippen molar-refractivity contribution in [3.8, 4) is 0 Å². The van der Waals surface area contributed by atoms with Crippen LogP contribution in [0.25, 0.3) is 0 Å². The Kier molecular flexibility index (Phi) is 5.72. The summed E-state index contributed by atoms with van der Waals surface area (Å²) >= 11 is 0. The van der Waals surface area contributed by atoms with Gasteiger partial charge in [-0.3, -0.25) is 4.79 Å². The number of carbonyl (C=O) groups is 1. The highest BCUT2D eigenvalue weighted by molar-refractivity contribution is 5.77. The fraction of sp³-hybridized carbons (Fsp3) is 0.900. The highest BCUT2D eigenvalue weighted by atomic mass is 16.5. The van der Waals surface area contributed by atoms with Crippen molar-refractivity contribution in [2.24, 2.45) is 0 Å². The first-order valence-electron chi connectivity index (χ1n) is 4.78. The molecule has 0 aromatic heterocycles. The molecule has 0 bridgehead atoms. The summed E-state index contributed by atoms with van der Waals surface area (Å²) in [5.74, 6) is -0.108. The lowest BCUT2D eigenvalue weighted by Crippen LogP contribution is -2.36. The van der Waals surface area contributed by atoms with Gasteiger partial charge >= 0.3 is 0 Å². The average Bonchev–Trinajstić information content (AvgIpc) is 2.09. The van der Waals surface area contributed by atoms with E-state index in [4.69, 9.17) is 9.47 Å². The van der Waals surface area contributed by atoms with E-state index in [2.05, 4.69) is 5.32 Å². The lowest BCUT2D eigenvalue weighted by Gasteiger charge is -2.19. The Labute approximate surface area is 86.0 Å². The van der Waals surface area contributed by atoms with Crippen LogP contribution in [0.4, 0.5) is 0 Å². The molecule has 0 aliphatic rings. The second kappa shape index (κ2) is 5.98. The molecule has 1 amide bonds. The van der Waals surface area contributed by atoms with Crippen LogP contribution < -0.4 is 5.32 Å². The Morgan fingerprint density at radius 3 is 2.43 bits per heavy atom. The summed E-state index contributed by atoms with van der Waals surface area (Å²) in [5, 5.41) is 2.72. The first-order chi connectivity index (χ1) is 6.35. The van der Waals surface area contributed by atoms with Crippen LogP contribution in [0.15, 0.2) is 0 Å². The third kappa shape index (κ3) is 8.01. The van der Waals surface area contributed by atoms with E-state index in [0.29, 0.717) is 6.54 Å². The summed E-state index contributed by atoms with van der Waals surface area (Å²) in [6, 6.07) is 0. The van der Waals surface area contributed by atoms with Crippen molar-refractivity contribution in [2.75, 3.05) is 20.3 Å². The molecule has 14 heavy (non-hydrogen) atoms. The zero-order valence-electron chi connectivity index (χ0n) is 9.72. The molecule has 0 aliphatic carbocycles. The van der Waals surface area contributed by atoms with E-state index in [1.807, 2.05) is 27.7 Å². The monoisotopic (exact) mass is 203 g/mol. The van der Waals surface area contributed by atoms with E-state index in [-0.39, 0.29) is 24.2 Å². The Morgan fingerprint density at radius 1 is 1.43 bits per heavy atom. The minimum atomic E-state index is -0.274. The maximum atomic E-state index is 11.2. The topological polar surface area (TPSA) is 47.6 Å². The van der Waals surface area contributed by atoms with E-state index in [1.165, 1.54) is 0 Å². The molecule has 0 aliphatic heterocycles. The molecule has 0 fully saturated rings. The Balaban J connectivity index is 3.57. The Bertz CT molecular complexity index is 175. The molecule has 0 radical (unpaired) electrons. The molecule has 0 rings (SSSR count). The number of hydrogen-bond acceptors (Lipinski definition) is 3. The molecular weight excluding hydrogens is 182 g/mol. The molecule has 0 spiro atoms. The van der Waals surface area contributed by atoms with Crippen LogP contribution >= 0.6 is 0 Å². The van der Waals surface area contributed by atoms with Crippen LogP contribution in [0.2, 0.25) is 0 Å². The summed E-state index contributed by atoms with van der Waals surface area (Å²) in [4.78, 5) is 11.2. The van der Waals surface area contributed by atoms with Crippen molar-refractivity contribution >= 4 is 5.91 Å². The van der Waals surface area contributed by atoms with Crippen molar-refractivity contribution in [3.05, 3.63) is 0 Å². The first kappa shape index (κ1) is 13.4. The summed E-state index contributed by atoms with van der Waals surface area (Å²) < 4.78 is 10.3. The van der Waals surface area contributed by atoms with Gasteiger partial charge in [-0.15, -0.1) is 0 Å². The van der Waals surface area contributed by atoms with Gasteiger partial charge in [-0.05, 0) is 27.7 Å². The van der Waals surface area contributed by atoms with E-state index < -0.39 is 0 Å². The maximum absolute atomic E-state index is 11.2. The van der Waals surface area contributed by atoms with Gasteiger partial charge in [-0.1, -0.05) is 0 Å². The van der Waals surface area contributed by atoms with Crippen LogP contribution in [0.5, 0.6) is 0 Å². The van der Waals surface area contributed by atoms with Crippen LogP contribution in [0.1, 0.15) is 27.7 Å². The molecule has 1 unspecified atom stereocenters. The molecule has 0 saturated heterocycles. The van der Waals surface area contributed by atoms with Gasteiger partial charge in [0.1, 0.15) is 6.61 Å². The number of hydrogen-bond donors (Lipinski definition) is 1. The number of ether oxygens (including phenoxy) is 2. The average molecular weight is 203 g/mol. The van der Waals surface area contributed by atoms with Gasteiger partial charge in [-0.2, -0.15) is 0 Å². The third-order valence-electron chi connectivity index (χ3n) is 1.63. The molecule has 84 valence electrons. The molecule has 1 atom stereocenters. The van der Waals surface area contributed by atoms with Crippen LogP contribution in [-0.4, -0.2) is 37.9 Å². The molecule has 0 heterocycles. The highest BCUT2D eigenvalue weighted by Crippen LogP contribution is 2.05. The van der Waals surface area contributed by atoms with Crippen molar-refractivity contribution in [3.63, 3.8) is 0 Å². The molecular formula is C10H21NO3. The van der Waals surface area contributed by atoms with E-state index in [0.717, 1.165) is 0 Å². The van der Waals surface area contributed by atoms with Crippen molar-refractivity contribution in [1.29, 1.82) is 0 Å². The predicted octanol–water partition coefficient (Wildman–Crippen LogP) is 0.953. The quantitative estimate of drug-likeness (QED) is 0.723. The van der Waals surface area contributed by atoms with Crippen LogP contribution in [-0.2, 0) is 14.3 Å². The summed E-state index contributed by atoms with van der Waals surface area (Å²) in [7, 11) is 1.61. The second-order valence-electron chi connectivity index (χ2n) is 4.25. The van der Waals surface area contributed by atoms with Gasteiger partial charge in [-0.25, -0.2) is 0 Å². The minimum Gasteiger partial charge on any atom is -0.380 e. The van der Waals surface area contributed by atoms with E-state index >= 15 is 0 Å². The van der Waals surface area contributed by atoms with Gasteiger partial charge in [0.2, 0.25) is 5.91 Å². The van der Waals surface area contributed by atoms with E-state index in [9.17, 15) is 4.79 Å². The largest absolute Gasteiger partial charge is 0.380 e. The number of nitrogens with one attached hydrogen (secondary N) is 1. The van der Waals surface area contributed by atoms with Crippen molar-refractivity contribution in [2.45, 2.75) is 39.4 Å². The van der Waals surface area contributed by atoms with Gasteiger partial charge < -0.3 is 14.8 Å². The minimum absolute atomic E-state index is 0.0357. The first-order valence-corrected chi connectivity index (χ1v) is 4.78. The zero-order chi connectivity index (χ0) is 11.2. The molecule has 4 nitrogen and oxygen atoms in total. The maximum Gasteiger partial charge on any atom is 0.246 e. The normalized spacial score (nSPS) is 13.8. The fourth-order valence-corrected chi connectivity index (χ4v) is 0.674. The smallest absolute Gasteiger partial charge is 0.246 e. The third-order valence-corrected chi connectivity index (χ3v) is 1.63. The molecule has 0 saturated carbocycles. The van der Waals surface area contributed by atoms with Crippen molar-refractivity contribution < 1.29 is 14.3 Å². The van der Waals surface area contributed by atoms with Crippen LogP contribution in [0.3, 0.4) is 0 Å². The van der Waals surface area contributed by atoms with Gasteiger partial charge in [0, 0.05) is 13.7 Å². The lowest BCUT2D eigenvalue weighted by molar-refractivity contribution is -0.131. The van der Waals surface area contributed by atoms with Gasteiger partial charge in [0.25, 0.3) is 0 Å². The van der Waals surface area contributed by atoms with Crippen LogP contribution in [0, 0.1) is 0 Å². The molecule has 4 heteroatoms. The number of amides is 1. The SMILES string of the molecule is COC(C)CNC(=O)COC(C)(C)C. The Hall–Kier alpha value is -0.610. The van der Waals surface area contributed by atoms with Gasteiger partial charge in [0.15, 0.2) is 0 Å². The van der Waals surface area contributed by atoms with Gasteiger partial charge in [0.05, 0.1) is 11.7 Å². The number of carbonyl (C=O) groups excluding carboxylic acids is 1. The number of rotatable bonds is 5. The Morgan fingerprint density at radius 2 is 2.00 bits per heavy atom. The number of methoxy groups -OCH3 is 1. The predicted molar refractivity (Wildman–Crippen MR) is 55.2 cm³/mol. The molecule has 0 aromatic rings. The lowest BCUT2D eigenvalue weighted by atomic mass is 10.2. The summed E-state index contributed by atoms with van der Waals surface area (Å²) in [5.41, 5.74) is -0.274. The highest BCUT2D eigenvalue weighted by Gasteiger charge is 2.12. The summed E-state index contributed by atoms with van der Waals surface area (Å²) in [6.07, 6.45) is 0.0357. The standard InChI is InChI=1S/C10H21NO3/c1-8(13-5)6-11-9(12)7-14-10(2,3)4/h8H,6-7H2,1-5H3,(H,11,12). The van der Waals surface area contributed by atoms with Crippen molar-refractivity contribution in [1.82, 2.24) is 5.32 Å². The zero-order valence-corrected chi connectivity index (χ0v) is 9.72.